The SMILES string of the molecule is F.F.O=C(O)Nc1cc(CCCCn2c(=O)oc3cc(CNC[C@@H](O)c4ccc(O)c5[nH]c(=O)ccc45)ccc32)ccc1-c1ccccc1. The molecule has 11 nitrogen and oxygen atoms in total. The van der Waals surface area contributed by atoms with Crippen LogP contribution in [-0.2, 0) is 19.5 Å². The van der Waals surface area contributed by atoms with Crippen LogP contribution in [0.15, 0.2) is 105 Å². The molecule has 1 atom stereocenters. The molecular weight excluding hydrogens is 638 g/mol. The summed E-state index contributed by atoms with van der Waals surface area (Å²) in [5.74, 6) is -0.501. The van der Waals surface area contributed by atoms with Gasteiger partial charge in [-0.15, -0.1) is 0 Å². The van der Waals surface area contributed by atoms with Crippen LogP contribution in [0.2, 0.25) is 0 Å². The second-order valence-corrected chi connectivity index (χ2v) is 11.4. The van der Waals surface area contributed by atoms with E-state index in [1.165, 1.54) is 12.1 Å². The number of H-pyrrole nitrogens is 1. The summed E-state index contributed by atoms with van der Waals surface area (Å²) in [6, 6.07) is 26.9. The molecule has 0 aliphatic rings. The number of halogens is 2. The van der Waals surface area contributed by atoms with Crippen molar-refractivity contribution in [3.63, 3.8) is 0 Å². The summed E-state index contributed by atoms with van der Waals surface area (Å²) in [5, 5.41) is 36.6. The summed E-state index contributed by atoms with van der Waals surface area (Å²) in [5.41, 5.74) is 5.81. The zero-order valence-electron chi connectivity index (χ0n) is 26.2. The molecule has 49 heavy (non-hydrogen) atoms. The minimum absolute atomic E-state index is 0. The lowest BCUT2D eigenvalue weighted by Gasteiger charge is -2.15. The number of phenolic OH excluding ortho intramolecular Hbond substituents is 1. The Morgan fingerprint density at radius 3 is 2.45 bits per heavy atom. The molecule has 0 bridgehead atoms. The number of oxazole rings is 1. The van der Waals surface area contributed by atoms with E-state index in [4.69, 9.17) is 4.42 Å². The number of aromatic amines is 1. The van der Waals surface area contributed by atoms with Crippen LogP contribution in [0.25, 0.3) is 33.1 Å². The first-order valence-electron chi connectivity index (χ1n) is 15.3. The van der Waals surface area contributed by atoms with E-state index in [9.17, 15) is 29.7 Å². The maximum absolute atomic E-state index is 12.7. The summed E-state index contributed by atoms with van der Waals surface area (Å²) in [6.07, 6.45) is 0.205. The molecule has 0 aliphatic carbocycles. The number of hydrogen-bond donors (Lipinski definition) is 6. The number of benzene rings is 4. The van der Waals surface area contributed by atoms with Gasteiger partial charge in [0, 0.05) is 36.7 Å². The van der Waals surface area contributed by atoms with Crippen molar-refractivity contribution in [2.45, 2.75) is 38.5 Å². The average Bonchev–Trinajstić information content (AvgIpc) is 3.37. The number of carboxylic acid groups (broad SMARTS) is 1. The van der Waals surface area contributed by atoms with E-state index in [0.717, 1.165) is 35.1 Å². The van der Waals surface area contributed by atoms with Crippen molar-refractivity contribution < 1.29 is 33.9 Å². The fourth-order valence-corrected chi connectivity index (χ4v) is 5.88. The highest BCUT2D eigenvalue weighted by Crippen LogP contribution is 2.30. The fourth-order valence-electron chi connectivity index (χ4n) is 5.88. The summed E-state index contributed by atoms with van der Waals surface area (Å²) in [4.78, 5) is 38.4. The normalized spacial score (nSPS) is 11.5. The van der Waals surface area contributed by atoms with Gasteiger partial charge in [-0.2, -0.15) is 0 Å². The molecule has 0 fully saturated rings. The highest BCUT2D eigenvalue weighted by molar-refractivity contribution is 5.91. The number of carbonyl (C=O) groups is 1. The van der Waals surface area contributed by atoms with Crippen molar-refractivity contribution in [3.05, 3.63) is 129 Å². The van der Waals surface area contributed by atoms with Crippen LogP contribution in [0.3, 0.4) is 0 Å². The number of aromatic hydroxyl groups is 1. The number of amides is 1. The third kappa shape index (κ3) is 8.20. The molecule has 256 valence electrons. The number of hydrogen-bond acceptors (Lipinski definition) is 7. The Hall–Kier alpha value is -5.79. The molecule has 0 aliphatic heterocycles. The highest BCUT2D eigenvalue weighted by atomic mass is 19.0. The van der Waals surface area contributed by atoms with E-state index in [0.29, 0.717) is 47.2 Å². The number of fused-ring (bicyclic) bond motifs is 2. The first-order valence-corrected chi connectivity index (χ1v) is 15.3. The van der Waals surface area contributed by atoms with E-state index >= 15 is 0 Å². The van der Waals surface area contributed by atoms with Crippen LogP contribution < -0.4 is 21.9 Å². The number of aryl methyl sites for hydroxylation is 2. The number of nitrogens with zero attached hydrogens (tertiary/aromatic N) is 1. The van der Waals surface area contributed by atoms with Crippen molar-refractivity contribution in [1.82, 2.24) is 14.9 Å². The molecule has 0 unspecified atom stereocenters. The quantitative estimate of drug-likeness (QED) is 0.0853. The predicted molar refractivity (Wildman–Crippen MR) is 185 cm³/mol. The molecule has 0 saturated heterocycles. The van der Waals surface area contributed by atoms with Crippen LogP contribution in [0.1, 0.15) is 35.6 Å². The first kappa shape index (κ1) is 36.1. The van der Waals surface area contributed by atoms with E-state index in [1.54, 1.807) is 22.8 Å². The summed E-state index contributed by atoms with van der Waals surface area (Å²) < 4.78 is 7.16. The van der Waals surface area contributed by atoms with E-state index in [1.807, 2.05) is 60.7 Å². The number of aliphatic hydroxyl groups excluding tert-OH is 1. The second kappa shape index (κ2) is 15.9. The Balaban J connectivity index is 0.00000270. The van der Waals surface area contributed by atoms with Crippen LogP contribution in [0.5, 0.6) is 5.75 Å². The monoisotopic (exact) mass is 674 g/mol. The average molecular weight is 675 g/mol. The lowest BCUT2D eigenvalue weighted by molar-refractivity contribution is 0.176. The minimum Gasteiger partial charge on any atom is -0.506 e. The molecule has 0 spiro atoms. The number of unbranched alkanes of at least 4 members (excludes halogenated alkanes) is 1. The minimum atomic E-state index is -1.12. The van der Waals surface area contributed by atoms with E-state index < -0.39 is 18.0 Å². The van der Waals surface area contributed by atoms with Gasteiger partial charge >= 0.3 is 11.8 Å². The molecule has 1 amide bonds. The Labute approximate surface area is 278 Å². The first-order chi connectivity index (χ1) is 22.8. The van der Waals surface area contributed by atoms with E-state index in [-0.39, 0.29) is 32.8 Å². The third-order valence-electron chi connectivity index (χ3n) is 8.17. The lowest BCUT2D eigenvalue weighted by atomic mass is 9.99. The molecule has 6 aromatic rings. The Morgan fingerprint density at radius 1 is 0.898 bits per heavy atom. The van der Waals surface area contributed by atoms with Gasteiger partial charge in [0.2, 0.25) is 5.56 Å². The number of phenols is 1. The highest BCUT2D eigenvalue weighted by Gasteiger charge is 2.15. The number of rotatable bonds is 12. The zero-order valence-corrected chi connectivity index (χ0v) is 26.2. The third-order valence-corrected chi connectivity index (χ3v) is 8.17. The van der Waals surface area contributed by atoms with Crippen LogP contribution in [-0.4, -0.2) is 37.5 Å². The van der Waals surface area contributed by atoms with Crippen molar-refractivity contribution >= 4 is 33.8 Å². The molecular formula is C36H36F2N4O7. The molecule has 0 saturated carbocycles. The van der Waals surface area contributed by atoms with Gasteiger partial charge in [0.05, 0.1) is 22.8 Å². The Kier molecular flexibility index (Phi) is 11.7. The molecule has 6 N–H and O–H groups in total. The van der Waals surface area contributed by atoms with Gasteiger partial charge in [-0.05, 0) is 71.8 Å². The largest absolute Gasteiger partial charge is 0.506 e. The fraction of sp³-hybridized carbons (Fsp3) is 0.194. The summed E-state index contributed by atoms with van der Waals surface area (Å²) in [7, 11) is 0. The predicted octanol–water partition coefficient (Wildman–Crippen LogP) is 6.05. The van der Waals surface area contributed by atoms with Crippen molar-refractivity contribution in [2.24, 2.45) is 0 Å². The number of aliphatic hydroxyl groups is 1. The summed E-state index contributed by atoms with van der Waals surface area (Å²) >= 11 is 0. The smallest absolute Gasteiger partial charge is 0.419 e. The summed E-state index contributed by atoms with van der Waals surface area (Å²) in [6.45, 7) is 1.10. The van der Waals surface area contributed by atoms with Gasteiger partial charge in [0.1, 0.15) is 5.75 Å². The molecule has 2 aromatic heterocycles. The molecule has 6 rings (SSSR count). The number of nitrogens with one attached hydrogen (secondary N) is 3. The number of anilines is 1. The Morgan fingerprint density at radius 2 is 1.67 bits per heavy atom. The molecule has 4 aromatic carbocycles. The van der Waals surface area contributed by atoms with Gasteiger partial charge in [0.15, 0.2) is 5.58 Å². The number of aromatic nitrogens is 2. The van der Waals surface area contributed by atoms with E-state index in [2.05, 4.69) is 15.6 Å². The topological polar surface area (TPSA) is 170 Å². The molecule has 13 heteroatoms. The lowest BCUT2D eigenvalue weighted by Crippen LogP contribution is -2.21. The molecule has 2 heterocycles. The zero-order chi connectivity index (χ0) is 32.9. The van der Waals surface area contributed by atoms with Crippen LogP contribution in [0.4, 0.5) is 19.9 Å². The maximum Gasteiger partial charge on any atom is 0.419 e. The maximum atomic E-state index is 12.7. The van der Waals surface area contributed by atoms with Gasteiger partial charge in [0.25, 0.3) is 0 Å². The van der Waals surface area contributed by atoms with Crippen molar-refractivity contribution in [2.75, 3.05) is 11.9 Å². The van der Waals surface area contributed by atoms with Gasteiger partial charge in [-0.25, -0.2) is 9.59 Å². The van der Waals surface area contributed by atoms with Gasteiger partial charge in [-0.3, -0.25) is 24.1 Å². The standard InChI is InChI=1S/C36H34N4O7.2FH/c41-30-15-12-26(27-13-16-33(43)39-34(27)30)31(42)21-37-20-23-10-14-29-32(19-23)47-36(46)40(29)17-5-4-6-22-9-11-25(24-7-2-1-3-8-24)28(18-22)38-35(44)45;;/h1-3,7-16,18-19,31,37-38,41-42H,4-6,17,20-21H2,(H,39,43)(H,44,45);2*1H/t31-;;/m1../s1. The van der Waals surface area contributed by atoms with Crippen molar-refractivity contribution in [3.8, 4) is 16.9 Å². The van der Waals surface area contributed by atoms with Crippen LogP contribution in [0, 0.1) is 0 Å². The van der Waals surface area contributed by atoms with Crippen molar-refractivity contribution in [1.29, 1.82) is 0 Å². The molecule has 0 radical (unpaired) electrons. The van der Waals surface area contributed by atoms with Gasteiger partial charge < -0.3 is 30.0 Å². The van der Waals surface area contributed by atoms with Gasteiger partial charge in [-0.1, -0.05) is 54.6 Å². The van der Waals surface area contributed by atoms with Crippen LogP contribution >= 0.6 is 0 Å². The number of pyridine rings is 1. The Bertz CT molecular complexity index is 2180. The second-order valence-electron chi connectivity index (χ2n) is 11.4.